The van der Waals surface area contributed by atoms with E-state index in [9.17, 15) is 4.79 Å². The maximum atomic E-state index is 11.3. The van der Waals surface area contributed by atoms with Crippen molar-refractivity contribution in [2.45, 2.75) is 20.8 Å². The zero-order chi connectivity index (χ0) is 11.8. The Kier molecular flexibility index (Phi) is 7.25. The molecule has 1 unspecified atom stereocenters. The number of nitrogens with zero attached hydrogens (tertiary/aromatic N) is 1. The molecule has 0 saturated carbocycles. The molecule has 1 atom stereocenters. The topological polar surface area (TPSA) is 58.4 Å². The first-order chi connectivity index (χ1) is 7.01. The van der Waals surface area contributed by atoms with Crippen LogP contribution in [-0.4, -0.2) is 42.0 Å². The van der Waals surface area contributed by atoms with Crippen LogP contribution in [0.25, 0.3) is 0 Å². The van der Waals surface area contributed by atoms with Gasteiger partial charge in [0.2, 0.25) is 5.91 Å². The van der Waals surface area contributed by atoms with Crippen LogP contribution >= 0.6 is 12.2 Å². The highest BCUT2D eigenvalue weighted by Crippen LogP contribution is 2.00. The summed E-state index contributed by atoms with van der Waals surface area (Å²) >= 11 is 4.90. The van der Waals surface area contributed by atoms with Gasteiger partial charge in [0.15, 0.2) is 0 Å². The molecule has 15 heavy (non-hydrogen) atoms. The standard InChI is InChI=1S/C10H21N3OS/c1-4-12-9(14)7-13(5-2)6-8(3)10(11)15/h8H,4-7H2,1-3H3,(H2,11,15)(H,12,14). The van der Waals surface area contributed by atoms with E-state index >= 15 is 0 Å². The Morgan fingerprint density at radius 1 is 1.53 bits per heavy atom. The molecule has 0 radical (unpaired) electrons. The molecule has 0 saturated heterocycles. The molecule has 3 N–H and O–H groups in total. The molecule has 1 amide bonds. The number of likely N-dealkylation sites (N-methyl/N-ethyl adjacent to an activating group) is 2. The van der Waals surface area contributed by atoms with Crippen molar-refractivity contribution in [3.05, 3.63) is 0 Å². The molecule has 4 nitrogen and oxygen atoms in total. The van der Waals surface area contributed by atoms with Gasteiger partial charge in [-0.15, -0.1) is 0 Å². The maximum Gasteiger partial charge on any atom is 0.234 e. The second kappa shape index (κ2) is 7.59. The Balaban J connectivity index is 4.02. The van der Waals surface area contributed by atoms with Crippen LogP contribution in [0, 0.1) is 5.92 Å². The summed E-state index contributed by atoms with van der Waals surface area (Å²) in [7, 11) is 0. The highest BCUT2D eigenvalue weighted by Gasteiger charge is 2.13. The van der Waals surface area contributed by atoms with Gasteiger partial charge in [-0.3, -0.25) is 9.69 Å². The van der Waals surface area contributed by atoms with Gasteiger partial charge >= 0.3 is 0 Å². The van der Waals surface area contributed by atoms with Crippen molar-refractivity contribution >= 4 is 23.1 Å². The fourth-order valence-corrected chi connectivity index (χ4v) is 1.31. The second-order valence-corrected chi connectivity index (χ2v) is 4.06. The predicted octanol–water partition coefficient (Wildman–Crippen LogP) is 0.367. The summed E-state index contributed by atoms with van der Waals surface area (Å²) < 4.78 is 0. The number of carbonyl (C=O) groups is 1. The van der Waals surface area contributed by atoms with Gasteiger partial charge in [-0.05, 0) is 13.5 Å². The van der Waals surface area contributed by atoms with Gasteiger partial charge in [-0.1, -0.05) is 26.1 Å². The second-order valence-electron chi connectivity index (χ2n) is 3.58. The smallest absolute Gasteiger partial charge is 0.234 e. The van der Waals surface area contributed by atoms with Crippen LogP contribution in [0.2, 0.25) is 0 Å². The lowest BCUT2D eigenvalue weighted by Gasteiger charge is -2.22. The fourth-order valence-electron chi connectivity index (χ4n) is 1.24. The van der Waals surface area contributed by atoms with E-state index < -0.39 is 0 Å². The average Bonchev–Trinajstić information content (AvgIpc) is 2.16. The maximum absolute atomic E-state index is 11.3. The number of nitrogens with one attached hydrogen (secondary N) is 1. The summed E-state index contributed by atoms with van der Waals surface area (Å²) in [6.45, 7) is 8.55. The number of carbonyl (C=O) groups excluding carboxylic acids is 1. The zero-order valence-electron chi connectivity index (χ0n) is 9.75. The Morgan fingerprint density at radius 3 is 2.53 bits per heavy atom. The first-order valence-electron chi connectivity index (χ1n) is 5.29. The van der Waals surface area contributed by atoms with E-state index in [1.54, 1.807) is 0 Å². The molecule has 0 spiro atoms. The molecule has 0 aliphatic carbocycles. The van der Waals surface area contributed by atoms with Crippen molar-refractivity contribution in [2.24, 2.45) is 11.7 Å². The molecule has 0 fully saturated rings. The van der Waals surface area contributed by atoms with Crippen LogP contribution in [-0.2, 0) is 4.79 Å². The zero-order valence-corrected chi connectivity index (χ0v) is 10.6. The molecular weight excluding hydrogens is 210 g/mol. The summed E-state index contributed by atoms with van der Waals surface area (Å²) in [4.78, 5) is 13.9. The van der Waals surface area contributed by atoms with Crippen molar-refractivity contribution in [1.29, 1.82) is 0 Å². The minimum Gasteiger partial charge on any atom is -0.393 e. The number of thiocarbonyl (C=S) groups is 1. The monoisotopic (exact) mass is 231 g/mol. The molecule has 0 aromatic rings. The van der Waals surface area contributed by atoms with Crippen LogP contribution in [0.1, 0.15) is 20.8 Å². The third-order valence-corrected chi connectivity index (χ3v) is 2.61. The Morgan fingerprint density at radius 2 is 2.13 bits per heavy atom. The fraction of sp³-hybridized carbons (Fsp3) is 0.800. The van der Waals surface area contributed by atoms with Crippen molar-refractivity contribution in [2.75, 3.05) is 26.2 Å². The number of hydrogen-bond donors (Lipinski definition) is 2. The van der Waals surface area contributed by atoms with Crippen LogP contribution in [0.3, 0.4) is 0 Å². The van der Waals surface area contributed by atoms with Gasteiger partial charge in [0, 0.05) is 19.0 Å². The quantitative estimate of drug-likeness (QED) is 0.621. The van der Waals surface area contributed by atoms with Crippen LogP contribution in [0.5, 0.6) is 0 Å². The Hall–Kier alpha value is -0.680. The molecule has 0 rings (SSSR count). The summed E-state index contributed by atoms with van der Waals surface area (Å²) in [6.07, 6.45) is 0. The minimum atomic E-state index is 0.0505. The number of hydrogen-bond acceptors (Lipinski definition) is 3. The van der Waals surface area contributed by atoms with Gasteiger partial charge in [0.1, 0.15) is 0 Å². The molecule has 0 bridgehead atoms. The number of rotatable bonds is 7. The van der Waals surface area contributed by atoms with Crippen molar-refractivity contribution < 1.29 is 4.79 Å². The van der Waals surface area contributed by atoms with E-state index in [1.807, 2.05) is 25.7 Å². The molecular formula is C10H21N3OS. The van der Waals surface area contributed by atoms with Gasteiger partial charge in [0.05, 0.1) is 11.5 Å². The Labute approximate surface area is 97.2 Å². The highest BCUT2D eigenvalue weighted by molar-refractivity contribution is 7.80. The minimum absolute atomic E-state index is 0.0505. The van der Waals surface area contributed by atoms with E-state index in [4.69, 9.17) is 18.0 Å². The molecule has 88 valence electrons. The van der Waals surface area contributed by atoms with Gasteiger partial charge in [0.25, 0.3) is 0 Å². The molecule has 0 aromatic carbocycles. The van der Waals surface area contributed by atoms with Gasteiger partial charge in [-0.2, -0.15) is 0 Å². The third kappa shape index (κ3) is 6.41. The van der Waals surface area contributed by atoms with E-state index in [1.165, 1.54) is 0 Å². The molecule has 0 aromatic heterocycles. The van der Waals surface area contributed by atoms with Crippen molar-refractivity contribution in [3.63, 3.8) is 0 Å². The third-order valence-electron chi connectivity index (χ3n) is 2.21. The summed E-state index contributed by atoms with van der Waals surface area (Å²) in [5.74, 6) is 0.198. The predicted molar refractivity (Wildman–Crippen MR) is 66.7 cm³/mol. The van der Waals surface area contributed by atoms with Crippen molar-refractivity contribution in [3.8, 4) is 0 Å². The Bertz CT molecular complexity index is 221. The first kappa shape index (κ1) is 14.3. The lowest BCUT2D eigenvalue weighted by Crippen LogP contribution is -2.41. The van der Waals surface area contributed by atoms with Gasteiger partial charge < -0.3 is 11.1 Å². The van der Waals surface area contributed by atoms with E-state index in [0.29, 0.717) is 18.1 Å². The lowest BCUT2D eigenvalue weighted by atomic mass is 10.1. The normalized spacial score (nSPS) is 12.5. The van der Waals surface area contributed by atoms with E-state index in [-0.39, 0.29) is 11.8 Å². The van der Waals surface area contributed by atoms with Gasteiger partial charge in [-0.25, -0.2) is 0 Å². The average molecular weight is 231 g/mol. The summed E-state index contributed by atoms with van der Waals surface area (Å²) in [5.41, 5.74) is 5.53. The number of amides is 1. The summed E-state index contributed by atoms with van der Waals surface area (Å²) in [6, 6.07) is 0. The van der Waals surface area contributed by atoms with Crippen LogP contribution in [0.15, 0.2) is 0 Å². The lowest BCUT2D eigenvalue weighted by molar-refractivity contribution is -0.122. The highest BCUT2D eigenvalue weighted by atomic mass is 32.1. The molecule has 0 heterocycles. The summed E-state index contributed by atoms with van der Waals surface area (Å²) in [5, 5.41) is 2.77. The van der Waals surface area contributed by atoms with Crippen LogP contribution in [0.4, 0.5) is 0 Å². The van der Waals surface area contributed by atoms with E-state index in [2.05, 4.69) is 5.32 Å². The van der Waals surface area contributed by atoms with E-state index in [0.717, 1.165) is 13.1 Å². The largest absolute Gasteiger partial charge is 0.393 e. The number of nitrogens with two attached hydrogens (primary N) is 1. The first-order valence-corrected chi connectivity index (χ1v) is 5.70. The van der Waals surface area contributed by atoms with Crippen molar-refractivity contribution in [1.82, 2.24) is 10.2 Å². The molecule has 5 heteroatoms. The van der Waals surface area contributed by atoms with Crippen LogP contribution < -0.4 is 11.1 Å². The SMILES string of the molecule is CCNC(=O)CN(CC)CC(C)C(N)=S. The molecule has 0 aliphatic heterocycles. The molecule has 0 aliphatic rings.